The highest BCUT2D eigenvalue weighted by Gasteiger charge is 2.36. The van der Waals surface area contributed by atoms with Crippen molar-refractivity contribution < 1.29 is 23.8 Å². The number of hydrogen-bond donors (Lipinski definition) is 2. The van der Waals surface area contributed by atoms with E-state index in [1.165, 1.54) is 0 Å². The quantitative estimate of drug-likeness (QED) is 0.571. The van der Waals surface area contributed by atoms with Crippen LogP contribution in [0, 0.1) is 5.92 Å². The second kappa shape index (κ2) is 10.1. The molecule has 0 spiro atoms. The van der Waals surface area contributed by atoms with E-state index in [4.69, 9.17) is 37.4 Å². The second-order valence-electron chi connectivity index (χ2n) is 6.85. The maximum atomic E-state index is 12.8. The van der Waals surface area contributed by atoms with Crippen molar-refractivity contribution in [1.82, 2.24) is 10.6 Å². The average Bonchev–Trinajstić information content (AvgIpc) is 2.64. The number of urea groups is 1. The van der Waals surface area contributed by atoms with Crippen molar-refractivity contribution in [3.8, 4) is 11.5 Å². The molecule has 1 atom stereocenters. The van der Waals surface area contributed by atoms with Gasteiger partial charge in [0.05, 0.1) is 36.5 Å². The number of benzene rings is 1. The molecule has 1 aliphatic heterocycles. The van der Waals surface area contributed by atoms with E-state index >= 15 is 0 Å². The number of carbonyl (C=O) groups is 2. The fourth-order valence-electron chi connectivity index (χ4n) is 2.90. The zero-order valence-electron chi connectivity index (χ0n) is 17.2. The van der Waals surface area contributed by atoms with Crippen LogP contribution in [0.5, 0.6) is 11.5 Å². The summed E-state index contributed by atoms with van der Waals surface area (Å²) in [6.07, 6.45) is 0. The maximum Gasteiger partial charge on any atom is 0.338 e. The van der Waals surface area contributed by atoms with Gasteiger partial charge in [0.15, 0.2) is 5.75 Å². The first-order chi connectivity index (χ1) is 13.7. The molecule has 160 valence electrons. The number of esters is 1. The summed E-state index contributed by atoms with van der Waals surface area (Å²) in [5.41, 5.74) is 1.08. The van der Waals surface area contributed by atoms with Gasteiger partial charge >= 0.3 is 12.0 Å². The van der Waals surface area contributed by atoms with E-state index in [0.29, 0.717) is 24.5 Å². The Hall–Kier alpha value is -2.12. The third kappa shape index (κ3) is 5.28. The molecule has 1 aliphatic rings. The fourth-order valence-corrected chi connectivity index (χ4v) is 3.54. The monoisotopic (exact) mass is 444 g/mol. The molecule has 0 aromatic heterocycles. The van der Waals surface area contributed by atoms with Gasteiger partial charge in [-0.2, -0.15) is 0 Å². The van der Waals surface area contributed by atoms with Crippen molar-refractivity contribution in [2.75, 3.05) is 19.8 Å². The third-order valence-electron chi connectivity index (χ3n) is 4.09. The Morgan fingerprint density at radius 1 is 1.17 bits per heavy atom. The first kappa shape index (κ1) is 23.2. The van der Waals surface area contributed by atoms with Crippen LogP contribution in [0.3, 0.4) is 0 Å². The minimum Gasteiger partial charge on any atom is -0.492 e. The number of halogens is 2. The van der Waals surface area contributed by atoms with Crippen molar-refractivity contribution >= 4 is 35.2 Å². The van der Waals surface area contributed by atoms with Crippen LogP contribution in [0.4, 0.5) is 4.79 Å². The van der Waals surface area contributed by atoms with Gasteiger partial charge in [-0.1, -0.05) is 37.0 Å². The second-order valence-corrected chi connectivity index (χ2v) is 7.63. The van der Waals surface area contributed by atoms with Crippen LogP contribution in [-0.2, 0) is 9.53 Å². The highest BCUT2D eigenvalue weighted by atomic mass is 35.5. The molecule has 29 heavy (non-hydrogen) atoms. The van der Waals surface area contributed by atoms with Crippen LogP contribution in [-0.4, -0.2) is 31.8 Å². The third-order valence-corrected chi connectivity index (χ3v) is 4.71. The van der Waals surface area contributed by atoms with Gasteiger partial charge in [-0.15, -0.1) is 0 Å². The molecule has 7 nitrogen and oxygen atoms in total. The first-order valence-corrected chi connectivity index (χ1v) is 10.2. The zero-order valence-corrected chi connectivity index (χ0v) is 18.7. The summed E-state index contributed by atoms with van der Waals surface area (Å²) in [5, 5.41) is 5.77. The van der Waals surface area contributed by atoms with Gasteiger partial charge in [0, 0.05) is 11.3 Å². The molecule has 0 fully saturated rings. The summed E-state index contributed by atoms with van der Waals surface area (Å²) in [7, 11) is 0. The smallest absolute Gasteiger partial charge is 0.338 e. The number of amides is 2. The number of rotatable bonds is 8. The Morgan fingerprint density at radius 2 is 1.79 bits per heavy atom. The number of ether oxygens (including phenoxy) is 3. The Labute approximate surface area is 180 Å². The van der Waals surface area contributed by atoms with Crippen molar-refractivity contribution in [3.05, 3.63) is 32.9 Å². The van der Waals surface area contributed by atoms with Crippen LogP contribution >= 0.6 is 23.2 Å². The highest BCUT2D eigenvalue weighted by Crippen LogP contribution is 2.46. The van der Waals surface area contributed by atoms with Gasteiger partial charge in [-0.05, 0) is 32.8 Å². The van der Waals surface area contributed by atoms with Crippen molar-refractivity contribution in [3.63, 3.8) is 0 Å². The number of hydrogen-bond acceptors (Lipinski definition) is 5. The van der Waals surface area contributed by atoms with Crippen LogP contribution in [0.15, 0.2) is 17.3 Å². The molecular weight excluding hydrogens is 419 g/mol. The molecule has 2 N–H and O–H groups in total. The van der Waals surface area contributed by atoms with Gasteiger partial charge < -0.3 is 24.8 Å². The summed E-state index contributed by atoms with van der Waals surface area (Å²) >= 11 is 12.9. The summed E-state index contributed by atoms with van der Waals surface area (Å²) in [6, 6.07) is 0.273. The lowest BCUT2D eigenvalue weighted by atomic mass is 9.94. The van der Waals surface area contributed by atoms with Crippen molar-refractivity contribution in [2.45, 2.75) is 40.7 Å². The molecule has 2 amide bonds. The number of allylic oxidation sites excluding steroid dienone is 1. The van der Waals surface area contributed by atoms with Crippen LogP contribution < -0.4 is 20.1 Å². The van der Waals surface area contributed by atoms with E-state index < -0.39 is 18.0 Å². The van der Waals surface area contributed by atoms with E-state index in [1.807, 2.05) is 20.8 Å². The molecule has 9 heteroatoms. The van der Waals surface area contributed by atoms with E-state index in [2.05, 4.69) is 10.6 Å². The van der Waals surface area contributed by atoms with E-state index in [0.717, 1.165) is 0 Å². The average molecular weight is 445 g/mol. The van der Waals surface area contributed by atoms with Gasteiger partial charge in [-0.25, -0.2) is 9.59 Å². The van der Waals surface area contributed by atoms with Crippen LogP contribution in [0.1, 0.15) is 46.2 Å². The zero-order chi connectivity index (χ0) is 21.7. The SMILES string of the molecule is CCOc1c(Cl)cc(C2NC(=O)NC(C)=C2C(=O)OCC(C)C)c(OCC)c1Cl. The Bertz CT molecular complexity index is 824. The maximum absolute atomic E-state index is 12.8. The molecule has 1 aromatic carbocycles. The molecule has 1 heterocycles. The summed E-state index contributed by atoms with van der Waals surface area (Å²) in [6.45, 7) is 10.0. The lowest BCUT2D eigenvalue weighted by Gasteiger charge is -2.30. The van der Waals surface area contributed by atoms with Crippen LogP contribution in [0.25, 0.3) is 0 Å². The molecule has 0 saturated carbocycles. The molecular formula is C20H26Cl2N2O5. The predicted molar refractivity (Wildman–Crippen MR) is 112 cm³/mol. The summed E-state index contributed by atoms with van der Waals surface area (Å²) in [4.78, 5) is 25.0. The van der Waals surface area contributed by atoms with Gasteiger partial charge in [0.2, 0.25) is 0 Å². The van der Waals surface area contributed by atoms with E-state index in [-0.39, 0.29) is 39.6 Å². The fraction of sp³-hybridized carbons (Fsp3) is 0.500. The van der Waals surface area contributed by atoms with Gasteiger partial charge in [-0.3, -0.25) is 0 Å². The number of carbonyl (C=O) groups excluding carboxylic acids is 2. The summed E-state index contributed by atoms with van der Waals surface area (Å²) < 4.78 is 16.7. The van der Waals surface area contributed by atoms with Crippen molar-refractivity contribution in [2.24, 2.45) is 5.92 Å². The normalized spacial score (nSPS) is 16.4. The van der Waals surface area contributed by atoms with Gasteiger partial charge in [0.1, 0.15) is 10.8 Å². The largest absolute Gasteiger partial charge is 0.492 e. The predicted octanol–water partition coefficient (Wildman–Crippen LogP) is 4.62. The molecule has 1 aromatic rings. The summed E-state index contributed by atoms with van der Waals surface area (Å²) in [5.74, 6) is 0.194. The number of nitrogens with one attached hydrogen (secondary N) is 2. The molecule has 0 saturated heterocycles. The van der Waals surface area contributed by atoms with Gasteiger partial charge in [0.25, 0.3) is 0 Å². The Morgan fingerprint density at radius 3 is 2.38 bits per heavy atom. The van der Waals surface area contributed by atoms with Crippen LogP contribution in [0.2, 0.25) is 10.0 Å². The Kier molecular flexibility index (Phi) is 8.05. The Balaban J connectivity index is 2.60. The minimum atomic E-state index is -0.851. The molecule has 1 unspecified atom stereocenters. The minimum absolute atomic E-state index is 0.165. The highest BCUT2D eigenvalue weighted by molar-refractivity contribution is 6.38. The van der Waals surface area contributed by atoms with Crippen molar-refractivity contribution in [1.29, 1.82) is 0 Å². The topological polar surface area (TPSA) is 85.9 Å². The van der Waals surface area contributed by atoms with E-state index in [1.54, 1.807) is 19.9 Å². The van der Waals surface area contributed by atoms with E-state index in [9.17, 15) is 9.59 Å². The molecule has 0 aliphatic carbocycles. The standard InChI is InChI=1S/C20H26Cl2N2O5/c1-6-27-17-12(8-13(21)18(15(17)22)28-7-2)16-14(11(5)23-20(26)24-16)19(25)29-9-10(3)4/h8,10,16H,6-7,9H2,1-5H3,(H2,23,24,26). The lowest BCUT2D eigenvalue weighted by Crippen LogP contribution is -2.45. The molecule has 2 rings (SSSR count). The molecule has 0 radical (unpaired) electrons. The lowest BCUT2D eigenvalue weighted by molar-refractivity contribution is -0.140. The first-order valence-electron chi connectivity index (χ1n) is 9.44. The molecule has 0 bridgehead atoms.